The smallest absolute Gasteiger partial charge is 0.266 e. The Balaban J connectivity index is 1.53. The number of hydrogen-bond acceptors (Lipinski definition) is 6. The number of thiazole rings is 1. The van der Waals surface area contributed by atoms with E-state index < -0.39 is 32.0 Å². The molecule has 2 saturated heterocycles. The van der Waals surface area contributed by atoms with Crippen LogP contribution < -0.4 is 10.0 Å². The predicted octanol–water partition coefficient (Wildman–Crippen LogP) is 3.86. The molecule has 2 fully saturated rings. The molecule has 2 aromatic rings. The maximum absolute atomic E-state index is 14.6. The van der Waals surface area contributed by atoms with Crippen molar-refractivity contribution in [3.63, 3.8) is 0 Å². The van der Waals surface area contributed by atoms with E-state index in [1.54, 1.807) is 0 Å². The van der Waals surface area contributed by atoms with Gasteiger partial charge in [-0.1, -0.05) is 22.9 Å². The summed E-state index contributed by atoms with van der Waals surface area (Å²) in [4.78, 5) is 4.99. The van der Waals surface area contributed by atoms with Gasteiger partial charge in [0.05, 0.1) is 16.9 Å². The van der Waals surface area contributed by atoms with E-state index in [1.165, 1.54) is 0 Å². The van der Waals surface area contributed by atoms with Crippen LogP contribution in [0.2, 0.25) is 5.02 Å². The monoisotopic (exact) mass is 466 g/mol. The zero-order valence-electron chi connectivity index (χ0n) is 15.1. The second kappa shape index (κ2) is 7.60. The highest BCUT2D eigenvalue weighted by Gasteiger charge is 2.48. The summed E-state index contributed by atoms with van der Waals surface area (Å²) in [7, 11) is -4.34. The van der Waals surface area contributed by atoms with Crippen molar-refractivity contribution in [3.05, 3.63) is 34.3 Å². The first-order chi connectivity index (χ1) is 13.7. The maximum atomic E-state index is 14.6. The fourth-order valence-electron chi connectivity index (χ4n) is 4.10. The molecule has 0 radical (unpaired) electrons. The standard InChI is InChI=1S/C17H18ClF3N4O2S2/c18-11-4-14(29(26,27)24-16-22-7-15(21)28-16)12(20)5-13(11)23-9-17-2-1-3-25(17)8-10(19)6-17/h4-5,7,10,23H,1-3,6,8-9H2,(H,22,24)/t10-,17+/m0/s1. The molecule has 2 aliphatic rings. The third kappa shape index (κ3) is 4.05. The van der Waals surface area contributed by atoms with Crippen molar-refractivity contribution in [3.8, 4) is 0 Å². The number of halogens is 4. The molecule has 29 heavy (non-hydrogen) atoms. The van der Waals surface area contributed by atoms with Gasteiger partial charge >= 0.3 is 0 Å². The number of rotatable bonds is 6. The van der Waals surface area contributed by atoms with Crippen LogP contribution in [0.3, 0.4) is 0 Å². The van der Waals surface area contributed by atoms with Crippen LogP contribution in [0.1, 0.15) is 19.3 Å². The molecule has 2 aliphatic heterocycles. The number of alkyl halides is 1. The lowest BCUT2D eigenvalue weighted by Gasteiger charge is -2.32. The summed E-state index contributed by atoms with van der Waals surface area (Å²) in [5.41, 5.74) is -0.104. The normalized spacial score (nSPS) is 24.6. The zero-order chi connectivity index (χ0) is 20.8. The van der Waals surface area contributed by atoms with Crippen LogP contribution in [0.5, 0.6) is 0 Å². The zero-order valence-corrected chi connectivity index (χ0v) is 17.5. The highest BCUT2D eigenvalue weighted by molar-refractivity contribution is 7.93. The summed E-state index contributed by atoms with van der Waals surface area (Å²) < 4.78 is 68.3. The first-order valence-corrected chi connectivity index (χ1v) is 11.6. The molecule has 0 saturated carbocycles. The van der Waals surface area contributed by atoms with Crippen LogP contribution in [0.25, 0.3) is 0 Å². The average Bonchev–Trinajstić information content (AvgIpc) is 3.28. The Morgan fingerprint density at radius 2 is 2.17 bits per heavy atom. The lowest BCUT2D eigenvalue weighted by atomic mass is 9.93. The minimum Gasteiger partial charge on any atom is -0.382 e. The second-order valence-corrected chi connectivity index (χ2v) is 10.3. The first-order valence-electron chi connectivity index (χ1n) is 8.95. The molecule has 0 bridgehead atoms. The van der Waals surface area contributed by atoms with Crippen LogP contribution in [-0.4, -0.2) is 49.6 Å². The largest absolute Gasteiger partial charge is 0.382 e. The summed E-state index contributed by atoms with van der Waals surface area (Å²) in [6, 6.07) is 1.99. The van der Waals surface area contributed by atoms with E-state index in [9.17, 15) is 21.6 Å². The van der Waals surface area contributed by atoms with Crippen molar-refractivity contribution in [2.75, 3.05) is 29.7 Å². The Morgan fingerprint density at radius 1 is 1.38 bits per heavy atom. The summed E-state index contributed by atoms with van der Waals surface area (Å²) in [5.74, 6) is -1.02. The van der Waals surface area contributed by atoms with Crippen molar-refractivity contribution < 1.29 is 21.6 Å². The van der Waals surface area contributed by atoms with E-state index in [0.717, 1.165) is 37.7 Å². The molecule has 3 heterocycles. The molecule has 0 spiro atoms. The van der Waals surface area contributed by atoms with Gasteiger partial charge in [-0.3, -0.25) is 9.62 Å². The summed E-state index contributed by atoms with van der Waals surface area (Å²) >= 11 is 6.67. The Hall–Kier alpha value is -1.56. The number of fused-ring (bicyclic) bond motifs is 1. The molecule has 6 nitrogen and oxygen atoms in total. The SMILES string of the molecule is O=S(=O)(Nc1ncc(F)s1)c1cc(Cl)c(NC[C@]23CCCN2C[C@@H](F)C3)cc1F. The molecular weight excluding hydrogens is 449 g/mol. The summed E-state index contributed by atoms with van der Waals surface area (Å²) in [5, 5.41) is 2.16. The average molecular weight is 467 g/mol. The van der Waals surface area contributed by atoms with Crippen molar-refractivity contribution in [2.45, 2.75) is 35.9 Å². The van der Waals surface area contributed by atoms with Gasteiger partial charge in [0.1, 0.15) is 16.9 Å². The second-order valence-electron chi connectivity index (χ2n) is 7.27. The molecule has 2 atom stereocenters. The molecule has 1 aromatic heterocycles. The summed E-state index contributed by atoms with van der Waals surface area (Å²) in [6.07, 6.45) is 2.17. The van der Waals surface area contributed by atoms with Crippen molar-refractivity contribution >= 4 is 43.8 Å². The van der Waals surface area contributed by atoms with Crippen LogP contribution >= 0.6 is 22.9 Å². The van der Waals surface area contributed by atoms with E-state index in [1.807, 2.05) is 4.72 Å². The fourth-order valence-corrected chi connectivity index (χ4v) is 6.27. The Kier molecular flexibility index (Phi) is 5.43. The topological polar surface area (TPSA) is 74.3 Å². The maximum Gasteiger partial charge on any atom is 0.266 e. The molecule has 0 amide bonds. The van der Waals surface area contributed by atoms with Gasteiger partial charge < -0.3 is 5.32 Å². The van der Waals surface area contributed by atoms with Crippen molar-refractivity contribution in [2.24, 2.45) is 0 Å². The predicted molar refractivity (Wildman–Crippen MR) is 106 cm³/mol. The number of nitrogens with zero attached hydrogens (tertiary/aromatic N) is 2. The Bertz CT molecular complexity index is 1040. The number of sulfonamides is 1. The third-order valence-corrected chi connectivity index (χ3v) is 7.88. The number of nitrogens with one attached hydrogen (secondary N) is 2. The van der Waals surface area contributed by atoms with Crippen LogP contribution in [0.15, 0.2) is 23.2 Å². The fraction of sp³-hybridized carbons (Fsp3) is 0.471. The van der Waals surface area contributed by atoms with E-state index in [2.05, 4.69) is 15.2 Å². The van der Waals surface area contributed by atoms with Crippen LogP contribution in [-0.2, 0) is 10.0 Å². The number of aromatic nitrogens is 1. The van der Waals surface area contributed by atoms with Gasteiger partial charge in [0, 0.05) is 18.6 Å². The van der Waals surface area contributed by atoms with E-state index in [-0.39, 0.29) is 21.4 Å². The van der Waals surface area contributed by atoms with Crippen LogP contribution in [0.4, 0.5) is 24.0 Å². The molecule has 2 N–H and O–H groups in total. The molecule has 12 heteroatoms. The van der Waals surface area contributed by atoms with Gasteiger partial charge in [-0.15, -0.1) is 0 Å². The lowest BCUT2D eigenvalue weighted by molar-refractivity contribution is 0.209. The van der Waals surface area contributed by atoms with Gasteiger partial charge in [-0.05, 0) is 37.9 Å². The molecule has 0 unspecified atom stereocenters. The van der Waals surface area contributed by atoms with Crippen molar-refractivity contribution in [1.29, 1.82) is 0 Å². The van der Waals surface area contributed by atoms with Gasteiger partial charge in [-0.2, -0.15) is 4.39 Å². The highest BCUT2D eigenvalue weighted by Crippen LogP contribution is 2.40. The van der Waals surface area contributed by atoms with Crippen molar-refractivity contribution in [1.82, 2.24) is 9.88 Å². The van der Waals surface area contributed by atoms with Gasteiger partial charge in [0.15, 0.2) is 10.3 Å². The van der Waals surface area contributed by atoms with Gasteiger partial charge in [-0.25, -0.2) is 22.2 Å². The molecule has 158 valence electrons. The lowest BCUT2D eigenvalue weighted by Crippen LogP contribution is -2.44. The molecule has 1 aromatic carbocycles. The minimum absolute atomic E-state index is 0.00726. The minimum atomic E-state index is -4.34. The Labute approximate surface area is 175 Å². The summed E-state index contributed by atoms with van der Waals surface area (Å²) in [6.45, 7) is 1.60. The van der Waals surface area contributed by atoms with Crippen LogP contribution in [0, 0.1) is 10.9 Å². The first kappa shape index (κ1) is 20.7. The number of anilines is 2. The Morgan fingerprint density at radius 3 is 2.90 bits per heavy atom. The van der Waals surface area contributed by atoms with E-state index in [0.29, 0.717) is 30.8 Å². The molecule has 4 rings (SSSR count). The number of hydrogen-bond donors (Lipinski definition) is 2. The molecular formula is C17H18ClF3N4O2S2. The quantitative estimate of drug-likeness (QED) is 0.676. The highest BCUT2D eigenvalue weighted by atomic mass is 35.5. The van der Waals surface area contributed by atoms with Gasteiger partial charge in [0.2, 0.25) is 0 Å². The molecule has 0 aliphatic carbocycles. The van der Waals surface area contributed by atoms with Gasteiger partial charge in [0.25, 0.3) is 10.0 Å². The van der Waals surface area contributed by atoms with E-state index in [4.69, 9.17) is 11.6 Å². The number of benzene rings is 1. The van der Waals surface area contributed by atoms with E-state index >= 15 is 0 Å². The third-order valence-electron chi connectivity index (χ3n) is 5.38.